The van der Waals surface area contributed by atoms with Crippen LogP contribution in [0.1, 0.15) is 31.2 Å². The molecular formula is C21H33N3O3. The van der Waals surface area contributed by atoms with Crippen molar-refractivity contribution in [3.05, 3.63) is 35.9 Å². The second kappa shape index (κ2) is 10.2. The van der Waals surface area contributed by atoms with Crippen LogP contribution in [-0.4, -0.2) is 77.4 Å². The van der Waals surface area contributed by atoms with Gasteiger partial charge in [-0.25, -0.2) is 0 Å². The first-order valence-corrected chi connectivity index (χ1v) is 10.2. The summed E-state index contributed by atoms with van der Waals surface area (Å²) in [5, 5.41) is 21.1. The Balaban J connectivity index is 1.46. The van der Waals surface area contributed by atoms with E-state index in [0.29, 0.717) is 6.04 Å². The smallest absolute Gasteiger partial charge is 0.224 e. The minimum absolute atomic E-state index is 0.0330. The summed E-state index contributed by atoms with van der Waals surface area (Å²) in [6.07, 6.45) is 4.22. The van der Waals surface area contributed by atoms with E-state index < -0.39 is 6.04 Å². The molecule has 27 heavy (non-hydrogen) atoms. The minimum Gasteiger partial charge on any atom is -0.394 e. The Morgan fingerprint density at radius 3 is 2.44 bits per heavy atom. The molecule has 0 saturated carbocycles. The molecule has 1 aromatic rings. The molecule has 0 aromatic heterocycles. The number of hydrogen-bond donors (Lipinski definition) is 3. The molecule has 2 aliphatic rings. The first kappa shape index (κ1) is 20.3. The van der Waals surface area contributed by atoms with Crippen LogP contribution < -0.4 is 5.32 Å². The zero-order valence-electron chi connectivity index (χ0n) is 16.1. The first-order valence-electron chi connectivity index (χ1n) is 10.2. The lowest BCUT2D eigenvalue weighted by Crippen LogP contribution is -2.52. The molecule has 3 N–H and O–H groups in total. The van der Waals surface area contributed by atoms with E-state index in [9.17, 15) is 4.79 Å². The molecule has 0 spiro atoms. The van der Waals surface area contributed by atoms with Crippen molar-refractivity contribution in [3.8, 4) is 0 Å². The van der Waals surface area contributed by atoms with E-state index in [4.69, 9.17) is 10.2 Å². The van der Waals surface area contributed by atoms with Crippen molar-refractivity contribution >= 4 is 5.91 Å². The highest BCUT2D eigenvalue weighted by molar-refractivity contribution is 5.79. The number of amides is 1. The third kappa shape index (κ3) is 5.75. The standard InChI is InChI=1S/C21H33N3O3/c25-15-19(16-26)22-21(27)18-7-4-10-24(14-18)20-8-11-23(12-9-20)13-17-5-2-1-3-6-17/h1-3,5-6,18-20,25-26H,4,7-16H2,(H,22,27)/t18-/m0/s1. The number of hydrogen-bond acceptors (Lipinski definition) is 5. The lowest BCUT2D eigenvalue weighted by Gasteiger charge is -2.42. The van der Waals surface area contributed by atoms with E-state index in [1.165, 1.54) is 5.56 Å². The maximum absolute atomic E-state index is 12.4. The predicted octanol–water partition coefficient (Wildman–Crippen LogP) is 0.832. The van der Waals surface area contributed by atoms with Gasteiger partial charge in [0.25, 0.3) is 0 Å². The summed E-state index contributed by atoms with van der Waals surface area (Å²) in [5.74, 6) is -0.0731. The van der Waals surface area contributed by atoms with Gasteiger partial charge in [-0.05, 0) is 50.9 Å². The van der Waals surface area contributed by atoms with Gasteiger partial charge < -0.3 is 15.5 Å². The molecule has 2 aliphatic heterocycles. The topological polar surface area (TPSA) is 76.0 Å². The molecule has 3 rings (SSSR count). The van der Waals surface area contributed by atoms with Crippen molar-refractivity contribution in [1.29, 1.82) is 0 Å². The van der Waals surface area contributed by atoms with Crippen molar-refractivity contribution in [2.24, 2.45) is 5.92 Å². The van der Waals surface area contributed by atoms with E-state index in [1.807, 2.05) is 0 Å². The second-order valence-corrected chi connectivity index (χ2v) is 7.90. The fourth-order valence-electron chi connectivity index (χ4n) is 4.30. The number of carbonyl (C=O) groups excluding carboxylic acids is 1. The average molecular weight is 376 g/mol. The summed E-state index contributed by atoms with van der Waals surface area (Å²) < 4.78 is 0. The minimum atomic E-state index is -0.547. The molecule has 6 nitrogen and oxygen atoms in total. The Kier molecular flexibility index (Phi) is 7.64. The van der Waals surface area contributed by atoms with Crippen LogP contribution in [0.5, 0.6) is 0 Å². The number of nitrogens with one attached hydrogen (secondary N) is 1. The fraction of sp³-hybridized carbons (Fsp3) is 0.667. The summed E-state index contributed by atoms with van der Waals surface area (Å²) in [6.45, 7) is 4.63. The highest BCUT2D eigenvalue weighted by atomic mass is 16.3. The van der Waals surface area contributed by atoms with Gasteiger partial charge in [0.2, 0.25) is 5.91 Å². The van der Waals surface area contributed by atoms with Crippen LogP contribution in [0.15, 0.2) is 30.3 Å². The molecule has 1 aromatic carbocycles. The molecule has 2 saturated heterocycles. The largest absolute Gasteiger partial charge is 0.394 e. The number of piperidine rings is 2. The van der Waals surface area contributed by atoms with Gasteiger partial charge in [-0.15, -0.1) is 0 Å². The number of aliphatic hydroxyl groups excluding tert-OH is 2. The number of benzene rings is 1. The fourth-order valence-corrected chi connectivity index (χ4v) is 4.30. The predicted molar refractivity (Wildman–Crippen MR) is 105 cm³/mol. The third-order valence-electron chi connectivity index (χ3n) is 5.93. The molecule has 0 bridgehead atoms. The van der Waals surface area contributed by atoms with Gasteiger partial charge in [-0.1, -0.05) is 30.3 Å². The van der Waals surface area contributed by atoms with Crippen molar-refractivity contribution in [2.45, 2.75) is 44.3 Å². The highest BCUT2D eigenvalue weighted by Crippen LogP contribution is 2.24. The molecule has 2 fully saturated rings. The van der Waals surface area contributed by atoms with Gasteiger partial charge in [-0.3, -0.25) is 14.6 Å². The number of carbonyl (C=O) groups is 1. The first-order chi connectivity index (χ1) is 13.2. The summed E-state index contributed by atoms with van der Waals surface area (Å²) in [4.78, 5) is 17.4. The quantitative estimate of drug-likeness (QED) is 0.658. The van der Waals surface area contributed by atoms with Gasteiger partial charge in [0, 0.05) is 19.1 Å². The van der Waals surface area contributed by atoms with E-state index in [-0.39, 0.29) is 25.0 Å². The SMILES string of the molecule is O=C(NC(CO)CO)[C@H]1CCCN(C2CCN(Cc3ccccc3)CC2)C1. The molecule has 0 aliphatic carbocycles. The van der Waals surface area contributed by atoms with Crippen LogP contribution in [-0.2, 0) is 11.3 Å². The monoisotopic (exact) mass is 375 g/mol. The van der Waals surface area contributed by atoms with E-state index in [0.717, 1.165) is 58.4 Å². The molecule has 1 atom stereocenters. The Hall–Kier alpha value is -1.47. The zero-order chi connectivity index (χ0) is 19.1. The van der Waals surface area contributed by atoms with Crippen LogP contribution >= 0.6 is 0 Å². The van der Waals surface area contributed by atoms with Crippen molar-refractivity contribution in [3.63, 3.8) is 0 Å². The molecule has 2 heterocycles. The van der Waals surface area contributed by atoms with Gasteiger partial charge in [0.1, 0.15) is 0 Å². The van der Waals surface area contributed by atoms with Crippen LogP contribution in [0.3, 0.4) is 0 Å². The van der Waals surface area contributed by atoms with Crippen molar-refractivity contribution < 1.29 is 15.0 Å². The van der Waals surface area contributed by atoms with Gasteiger partial charge in [-0.2, -0.15) is 0 Å². The normalized spacial score (nSPS) is 22.9. The molecule has 0 unspecified atom stereocenters. The molecular weight excluding hydrogens is 342 g/mol. The van der Waals surface area contributed by atoms with Crippen LogP contribution in [0, 0.1) is 5.92 Å². The Bertz CT molecular complexity index is 571. The Morgan fingerprint density at radius 2 is 1.78 bits per heavy atom. The van der Waals surface area contributed by atoms with Crippen LogP contribution in [0.2, 0.25) is 0 Å². The lowest BCUT2D eigenvalue weighted by molar-refractivity contribution is -0.128. The van der Waals surface area contributed by atoms with Gasteiger partial charge in [0.05, 0.1) is 25.2 Å². The Morgan fingerprint density at radius 1 is 1.07 bits per heavy atom. The molecule has 150 valence electrons. The van der Waals surface area contributed by atoms with E-state index in [1.54, 1.807) is 0 Å². The summed E-state index contributed by atoms with van der Waals surface area (Å²) in [6, 6.07) is 10.6. The van der Waals surface area contributed by atoms with Crippen LogP contribution in [0.4, 0.5) is 0 Å². The number of rotatable bonds is 7. The molecule has 0 radical (unpaired) electrons. The summed E-state index contributed by atoms with van der Waals surface area (Å²) in [7, 11) is 0. The highest BCUT2D eigenvalue weighted by Gasteiger charge is 2.32. The van der Waals surface area contributed by atoms with E-state index in [2.05, 4.69) is 45.4 Å². The maximum Gasteiger partial charge on any atom is 0.224 e. The molecule has 1 amide bonds. The summed E-state index contributed by atoms with van der Waals surface area (Å²) >= 11 is 0. The number of nitrogens with zero attached hydrogens (tertiary/aromatic N) is 2. The summed E-state index contributed by atoms with van der Waals surface area (Å²) in [5.41, 5.74) is 1.37. The number of aliphatic hydroxyl groups is 2. The number of likely N-dealkylation sites (tertiary alicyclic amines) is 2. The Labute approximate surface area is 162 Å². The van der Waals surface area contributed by atoms with Gasteiger partial charge in [0.15, 0.2) is 0 Å². The second-order valence-electron chi connectivity index (χ2n) is 7.90. The zero-order valence-corrected chi connectivity index (χ0v) is 16.1. The average Bonchev–Trinajstić information content (AvgIpc) is 2.73. The van der Waals surface area contributed by atoms with Crippen molar-refractivity contribution in [1.82, 2.24) is 15.1 Å². The van der Waals surface area contributed by atoms with Crippen LogP contribution in [0.25, 0.3) is 0 Å². The molecule has 6 heteroatoms. The van der Waals surface area contributed by atoms with Crippen molar-refractivity contribution in [2.75, 3.05) is 39.4 Å². The maximum atomic E-state index is 12.4. The lowest BCUT2D eigenvalue weighted by atomic mass is 9.93. The van der Waals surface area contributed by atoms with Gasteiger partial charge >= 0.3 is 0 Å². The van der Waals surface area contributed by atoms with E-state index >= 15 is 0 Å². The third-order valence-corrected chi connectivity index (χ3v) is 5.93.